The minimum absolute atomic E-state index is 0.00784. The lowest BCUT2D eigenvalue weighted by atomic mass is 9.86. The number of hydrogen-bond acceptors (Lipinski definition) is 7. The summed E-state index contributed by atoms with van der Waals surface area (Å²) in [5.41, 5.74) is 1.30. The van der Waals surface area contributed by atoms with Crippen LogP contribution in [0, 0.1) is 5.41 Å². The van der Waals surface area contributed by atoms with E-state index in [2.05, 4.69) is 15.4 Å². The van der Waals surface area contributed by atoms with Gasteiger partial charge in [0.1, 0.15) is 25.0 Å². The average molecular weight is 467 g/mol. The molecule has 2 atom stereocenters. The van der Waals surface area contributed by atoms with Gasteiger partial charge in [-0.2, -0.15) is 5.10 Å². The topological polar surface area (TPSA) is 105 Å². The van der Waals surface area contributed by atoms with Gasteiger partial charge in [-0.15, -0.1) is 0 Å². The number of benzene rings is 2. The fraction of sp³-hybridized carbons (Fsp3) is 0.360. The molecule has 2 aromatic carbocycles. The number of hydrogen-bond donors (Lipinski definition) is 1. The van der Waals surface area contributed by atoms with Crippen LogP contribution in [0.5, 0.6) is 5.75 Å². The van der Waals surface area contributed by atoms with Crippen LogP contribution in [0.15, 0.2) is 67.3 Å². The number of nitrogens with zero attached hydrogens (tertiary/aromatic N) is 3. The van der Waals surface area contributed by atoms with Crippen molar-refractivity contribution >= 4 is 12.1 Å². The summed E-state index contributed by atoms with van der Waals surface area (Å²) in [4.78, 5) is 27.9. The van der Waals surface area contributed by atoms with E-state index in [1.807, 2.05) is 68.4 Å². The molecule has 9 heteroatoms. The van der Waals surface area contributed by atoms with Crippen molar-refractivity contribution in [3.63, 3.8) is 0 Å². The second-order valence-electron chi connectivity index (χ2n) is 8.40. The molecule has 2 unspecified atom stereocenters. The summed E-state index contributed by atoms with van der Waals surface area (Å²) >= 11 is 0. The number of carbonyl (C=O) groups is 2. The first-order chi connectivity index (χ1) is 16.3. The Labute approximate surface area is 199 Å². The highest BCUT2D eigenvalue weighted by molar-refractivity contribution is 5.67. The quantitative estimate of drug-likeness (QED) is 0.446. The van der Waals surface area contributed by atoms with Gasteiger partial charge in [-0.1, -0.05) is 56.3 Å². The van der Waals surface area contributed by atoms with Gasteiger partial charge in [-0.05, 0) is 30.2 Å². The third kappa shape index (κ3) is 6.57. The first-order valence-electron chi connectivity index (χ1n) is 11.0. The Balaban J connectivity index is 1.92. The molecular formula is C25H30N4O5. The molecule has 1 amide bonds. The summed E-state index contributed by atoms with van der Waals surface area (Å²) < 4.78 is 18.8. The molecule has 0 radical (unpaired) electrons. The maximum absolute atomic E-state index is 12.4. The van der Waals surface area contributed by atoms with Crippen molar-refractivity contribution in [3.8, 4) is 16.9 Å². The van der Waals surface area contributed by atoms with Crippen LogP contribution in [0.3, 0.4) is 0 Å². The lowest BCUT2D eigenvalue weighted by molar-refractivity contribution is -0.151. The Kier molecular flexibility index (Phi) is 8.24. The summed E-state index contributed by atoms with van der Waals surface area (Å²) in [6.07, 6.45) is 0.486. The molecule has 0 aliphatic heterocycles. The first kappa shape index (κ1) is 24.8. The Bertz CT molecular complexity index is 1050. The number of rotatable bonds is 10. The third-order valence-corrected chi connectivity index (χ3v) is 5.15. The van der Waals surface area contributed by atoms with Crippen molar-refractivity contribution in [3.05, 3.63) is 67.3 Å². The summed E-state index contributed by atoms with van der Waals surface area (Å²) in [6, 6.07) is 17.6. The Hall–Kier alpha value is -3.88. The van der Waals surface area contributed by atoms with E-state index < -0.39 is 29.8 Å². The van der Waals surface area contributed by atoms with Crippen molar-refractivity contribution in [2.75, 3.05) is 13.2 Å². The van der Waals surface area contributed by atoms with Gasteiger partial charge in [-0.3, -0.25) is 4.79 Å². The molecule has 0 saturated carbocycles. The number of nitrogens with one attached hydrogen (secondary N) is 1. The SMILES string of the molecule is CCNC(=O)OC(C(Oc1ccc(-c2ccccc2)cc1)n1cncn1)C(C)(C)COC(C)=O. The van der Waals surface area contributed by atoms with Crippen LogP contribution in [0.25, 0.3) is 11.1 Å². The van der Waals surface area contributed by atoms with E-state index in [1.54, 1.807) is 6.92 Å². The van der Waals surface area contributed by atoms with Crippen molar-refractivity contribution in [2.24, 2.45) is 5.41 Å². The van der Waals surface area contributed by atoms with Crippen LogP contribution in [0.4, 0.5) is 4.79 Å². The Morgan fingerprint density at radius 3 is 2.32 bits per heavy atom. The van der Waals surface area contributed by atoms with E-state index in [4.69, 9.17) is 14.2 Å². The van der Waals surface area contributed by atoms with Gasteiger partial charge < -0.3 is 19.5 Å². The van der Waals surface area contributed by atoms with E-state index in [0.717, 1.165) is 11.1 Å². The normalized spacial score (nSPS) is 12.9. The van der Waals surface area contributed by atoms with Crippen LogP contribution in [0.1, 0.15) is 33.9 Å². The molecule has 0 saturated heterocycles. The standard InChI is InChI=1S/C25H30N4O5/c1-5-27-24(31)34-22(25(3,4)15-32-18(2)30)23(29-17-26-16-28-29)33-21-13-11-20(12-14-21)19-9-7-6-8-10-19/h6-14,16-17,22-23H,5,15H2,1-4H3,(H,27,31). The van der Waals surface area contributed by atoms with E-state index in [-0.39, 0.29) is 6.61 Å². The maximum atomic E-state index is 12.4. The number of ether oxygens (including phenoxy) is 3. The highest BCUT2D eigenvalue weighted by Crippen LogP contribution is 2.34. The van der Waals surface area contributed by atoms with Crippen LogP contribution < -0.4 is 10.1 Å². The summed E-state index contributed by atoms with van der Waals surface area (Å²) in [5.74, 6) is 0.118. The highest BCUT2D eigenvalue weighted by Gasteiger charge is 2.43. The zero-order chi connectivity index (χ0) is 24.6. The van der Waals surface area contributed by atoms with Crippen LogP contribution in [-0.4, -0.2) is 46.1 Å². The molecule has 3 rings (SSSR count). The predicted molar refractivity (Wildman–Crippen MR) is 126 cm³/mol. The van der Waals surface area contributed by atoms with Crippen molar-refractivity contribution in [1.82, 2.24) is 20.1 Å². The number of esters is 1. The van der Waals surface area contributed by atoms with Crippen molar-refractivity contribution in [2.45, 2.75) is 40.0 Å². The first-order valence-corrected chi connectivity index (χ1v) is 11.0. The Morgan fingerprint density at radius 1 is 1.06 bits per heavy atom. The number of alkyl carbamates (subject to hydrolysis) is 1. The number of carbonyl (C=O) groups excluding carboxylic acids is 2. The molecule has 1 heterocycles. The van der Waals surface area contributed by atoms with Gasteiger partial charge in [0.25, 0.3) is 0 Å². The molecule has 0 aliphatic carbocycles. The van der Waals surface area contributed by atoms with Crippen LogP contribution >= 0.6 is 0 Å². The molecular weight excluding hydrogens is 436 g/mol. The van der Waals surface area contributed by atoms with Crippen molar-refractivity contribution < 1.29 is 23.8 Å². The highest BCUT2D eigenvalue weighted by atomic mass is 16.6. The van der Waals surface area contributed by atoms with E-state index in [1.165, 1.54) is 24.3 Å². The fourth-order valence-corrected chi connectivity index (χ4v) is 3.37. The average Bonchev–Trinajstić information content (AvgIpc) is 3.36. The summed E-state index contributed by atoms with van der Waals surface area (Å²) in [5, 5.41) is 6.85. The van der Waals surface area contributed by atoms with Gasteiger partial charge in [0.15, 0.2) is 6.10 Å². The monoisotopic (exact) mass is 466 g/mol. The lowest BCUT2D eigenvalue weighted by Crippen LogP contribution is -2.47. The molecule has 180 valence electrons. The molecule has 34 heavy (non-hydrogen) atoms. The summed E-state index contributed by atoms with van der Waals surface area (Å²) in [6.45, 7) is 7.17. The minimum atomic E-state index is -0.881. The van der Waals surface area contributed by atoms with Gasteiger partial charge in [0, 0.05) is 18.9 Å². The van der Waals surface area contributed by atoms with Crippen LogP contribution in [0.2, 0.25) is 0 Å². The van der Waals surface area contributed by atoms with E-state index in [9.17, 15) is 9.59 Å². The van der Waals surface area contributed by atoms with Crippen molar-refractivity contribution in [1.29, 1.82) is 0 Å². The minimum Gasteiger partial charge on any atom is -0.465 e. The predicted octanol–water partition coefficient (Wildman–Crippen LogP) is 4.23. The zero-order valence-electron chi connectivity index (χ0n) is 19.8. The molecule has 1 aromatic heterocycles. The van der Waals surface area contributed by atoms with Gasteiger partial charge in [0.05, 0.1) is 0 Å². The third-order valence-electron chi connectivity index (χ3n) is 5.15. The molecule has 0 fully saturated rings. The summed E-state index contributed by atoms with van der Waals surface area (Å²) in [7, 11) is 0. The molecule has 0 spiro atoms. The fourth-order valence-electron chi connectivity index (χ4n) is 3.37. The molecule has 1 N–H and O–H groups in total. The smallest absolute Gasteiger partial charge is 0.407 e. The van der Waals surface area contributed by atoms with Crippen LogP contribution in [-0.2, 0) is 14.3 Å². The molecule has 3 aromatic rings. The maximum Gasteiger partial charge on any atom is 0.407 e. The van der Waals surface area contributed by atoms with E-state index >= 15 is 0 Å². The molecule has 0 bridgehead atoms. The zero-order valence-corrected chi connectivity index (χ0v) is 19.8. The second kappa shape index (κ2) is 11.3. The Morgan fingerprint density at radius 2 is 1.74 bits per heavy atom. The second-order valence-corrected chi connectivity index (χ2v) is 8.40. The number of amides is 1. The lowest BCUT2D eigenvalue weighted by Gasteiger charge is -2.37. The molecule has 9 nitrogen and oxygen atoms in total. The van der Waals surface area contributed by atoms with Gasteiger partial charge >= 0.3 is 12.1 Å². The van der Waals surface area contributed by atoms with Gasteiger partial charge in [0.2, 0.25) is 6.23 Å². The largest absolute Gasteiger partial charge is 0.465 e. The molecule has 0 aliphatic rings. The van der Waals surface area contributed by atoms with Gasteiger partial charge in [-0.25, -0.2) is 14.5 Å². The van der Waals surface area contributed by atoms with E-state index in [0.29, 0.717) is 12.3 Å². The number of aromatic nitrogens is 3.